The predicted molar refractivity (Wildman–Crippen MR) is 137 cm³/mol. The van der Waals surface area contributed by atoms with Gasteiger partial charge in [-0.25, -0.2) is 4.98 Å². The molecule has 1 heterocycles. The highest BCUT2D eigenvalue weighted by molar-refractivity contribution is 14.0. The van der Waals surface area contributed by atoms with Crippen LogP contribution in [0.4, 0.5) is 0 Å². The van der Waals surface area contributed by atoms with Crippen molar-refractivity contribution in [3.05, 3.63) is 53.9 Å². The number of rotatable bonds is 8. The Kier molecular flexibility index (Phi) is 9.42. The molecule has 7 nitrogen and oxygen atoms in total. The molecule has 0 aliphatic carbocycles. The third-order valence-electron chi connectivity index (χ3n) is 4.94. The number of imidazole rings is 1. The number of aryl methyl sites for hydroxylation is 1. The summed E-state index contributed by atoms with van der Waals surface area (Å²) in [5, 5.41) is 6.79. The number of hydrogen-bond donors (Lipinski definition) is 2. The fourth-order valence-electron chi connectivity index (χ4n) is 3.34. The molecule has 1 atom stereocenters. The summed E-state index contributed by atoms with van der Waals surface area (Å²) < 4.78 is 13.5. The minimum absolute atomic E-state index is 0. The first-order valence-electron chi connectivity index (χ1n) is 10.3. The molecule has 0 fully saturated rings. The Bertz CT molecular complexity index is 1020. The number of aliphatic imine (C=N–C) groups is 1. The number of halogens is 1. The zero-order valence-electron chi connectivity index (χ0n) is 18.8. The van der Waals surface area contributed by atoms with Crippen molar-refractivity contribution < 1.29 is 9.47 Å². The minimum Gasteiger partial charge on any atom is -0.490 e. The number of ether oxygens (including phenoxy) is 2. The number of nitrogens with zero attached hydrogens (tertiary/aromatic N) is 3. The number of fused-ring (bicyclic) bond motifs is 1. The Morgan fingerprint density at radius 3 is 2.48 bits per heavy atom. The first kappa shape index (κ1) is 24.8. The summed E-state index contributed by atoms with van der Waals surface area (Å²) in [6, 6.07) is 14.2. The van der Waals surface area contributed by atoms with E-state index >= 15 is 0 Å². The van der Waals surface area contributed by atoms with Crippen molar-refractivity contribution in [2.45, 2.75) is 33.4 Å². The Morgan fingerprint density at radius 2 is 1.81 bits per heavy atom. The molecule has 0 radical (unpaired) electrons. The van der Waals surface area contributed by atoms with Crippen molar-refractivity contribution in [2.75, 3.05) is 20.3 Å². The lowest BCUT2D eigenvalue weighted by Gasteiger charge is -2.20. The summed E-state index contributed by atoms with van der Waals surface area (Å²) in [6.07, 6.45) is 0. The fourth-order valence-corrected chi connectivity index (χ4v) is 3.34. The van der Waals surface area contributed by atoms with E-state index in [1.807, 2.05) is 57.3 Å². The lowest BCUT2D eigenvalue weighted by Crippen LogP contribution is -2.38. The SMILES string of the molecule is CCOc1ccc(C(C)NC(=NC)NCc2nc3ccccc3n2C)cc1OCC.I. The molecule has 0 bridgehead atoms. The third-order valence-corrected chi connectivity index (χ3v) is 4.94. The molecule has 8 heteroatoms. The summed E-state index contributed by atoms with van der Waals surface area (Å²) in [6.45, 7) is 7.79. The lowest BCUT2D eigenvalue weighted by molar-refractivity contribution is 0.287. The highest BCUT2D eigenvalue weighted by Crippen LogP contribution is 2.30. The van der Waals surface area contributed by atoms with Crippen LogP contribution >= 0.6 is 24.0 Å². The van der Waals surface area contributed by atoms with E-state index in [0.29, 0.717) is 25.7 Å². The van der Waals surface area contributed by atoms with Crippen LogP contribution in [0.25, 0.3) is 11.0 Å². The topological polar surface area (TPSA) is 72.7 Å². The molecular formula is C23H32IN5O2. The molecule has 2 N–H and O–H groups in total. The second-order valence-corrected chi connectivity index (χ2v) is 6.94. The number of nitrogens with one attached hydrogen (secondary N) is 2. The van der Waals surface area contributed by atoms with E-state index in [9.17, 15) is 0 Å². The van der Waals surface area contributed by atoms with E-state index < -0.39 is 0 Å². The van der Waals surface area contributed by atoms with E-state index in [1.165, 1.54) is 0 Å². The summed E-state index contributed by atoms with van der Waals surface area (Å²) in [7, 11) is 3.79. The van der Waals surface area contributed by atoms with Crippen LogP contribution in [0.2, 0.25) is 0 Å². The van der Waals surface area contributed by atoms with Crippen molar-refractivity contribution in [1.29, 1.82) is 0 Å². The molecule has 2 aromatic carbocycles. The Hall–Kier alpha value is -2.49. The van der Waals surface area contributed by atoms with Crippen LogP contribution in [0.1, 0.15) is 38.2 Å². The lowest BCUT2D eigenvalue weighted by atomic mass is 10.1. The van der Waals surface area contributed by atoms with Crippen LogP contribution < -0.4 is 20.1 Å². The Labute approximate surface area is 201 Å². The van der Waals surface area contributed by atoms with Gasteiger partial charge in [0, 0.05) is 14.1 Å². The summed E-state index contributed by atoms with van der Waals surface area (Å²) in [5.41, 5.74) is 3.20. The smallest absolute Gasteiger partial charge is 0.191 e. The van der Waals surface area contributed by atoms with Crippen LogP contribution in [0, 0.1) is 0 Å². The number of guanidine groups is 1. The van der Waals surface area contributed by atoms with E-state index in [-0.39, 0.29) is 30.0 Å². The van der Waals surface area contributed by atoms with Gasteiger partial charge in [-0.3, -0.25) is 4.99 Å². The molecule has 0 aliphatic heterocycles. The maximum Gasteiger partial charge on any atom is 0.191 e. The van der Waals surface area contributed by atoms with E-state index in [2.05, 4.69) is 33.2 Å². The van der Waals surface area contributed by atoms with Crippen LogP contribution in [-0.4, -0.2) is 35.8 Å². The number of aromatic nitrogens is 2. The molecule has 31 heavy (non-hydrogen) atoms. The molecular weight excluding hydrogens is 505 g/mol. The van der Waals surface area contributed by atoms with E-state index in [0.717, 1.165) is 33.9 Å². The molecule has 0 saturated heterocycles. The van der Waals surface area contributed by atoms with Gasteiger partial charge in [0.15, 0.2) is 17.5 Å². The molecule has 3 aromatic rings. The largest absolute Gasteiger partial charge is 0.490 e. The maximum atomic E-state index is 5.75. The highest BCUT2D eigenvalue weighted by Gasteiger charge is 2.13. The standard InChI is InChI=1S/C23H31N5O2.HI/c1-6-29-20-13-12-17(14-21(20)30-7-2)16(3)26-23(24-4)25-15-22-27-18-10-8-9-11-19(18)28(22)5;/h8-14,16H,6-7,15H2,1-5H3,(H2,24,25,26);1H. The van der Waals surface area contributed by atoms with Gasteiger partial charge in [-0.1, -0.05) is 18.2 Å². The van der Waals surface area contributed by atoms with Crippen molar-refractivity contribution in [3.63, 3.8) is 0 Å². The van der Waals surface area contributed by atoms with Crippen molar-refractivity contribution in [3.8, 4) is 11.5 Å². The molecule has 0 aliphatic rings. The van der Waals surface area contributed by atoms with Crippen LogP contribution in [0.3, 0.4) is 0 Å². The summed E-state index contributed by atoms with van der Waals surface area (Å²) in [4.78, 5) is 9.06. The van der Waals surface area contributed by atoms with E-state index in [1.54, 1.807) is 7.05 Å². The van der Waals surface area contributed by atoms with Gasteiger partial charge in [-0.05, 0) is 50.6 Å². The van der Waals surface area contributed by atoms with Gasteiger partial charge in [-0.15, -0.1) is 24.0 Å². The van der Waals surface area contributed by atoms with Crippen LogP contribution in [-0.2, 0) is 13.6 Å². The van der Waals surface area contributed by atoms with Gasteiger partial charge in [0.1, 0.15) is 5.82 Å². The summed E-state index contributed by atoms with van der Waals surface area (Å²) in [5.74, 6) is 3.18. The molecule has 168 valence electrons. The van der Waals surface area contributed by atoms with Gasteiger partial charge in [0.25, 0.3) is 0 Å². The van der Waals surface area contributed by atoms with Gasteiger partial charge in [0.05, 0.1) is 36.8 Å². The highest BCUT2D eigenvalue weighted by atomic mass is 127. The van der Waals surface area contributed by atoms with Gasteiger partial charge in [-0.2, -0.15) is 0 Å². The first-order chi connectivity index (χ1) is 14.6. The number of hydrogen-bond acceptors (Lipinski definition) is 4. The minimum atomic E-state index is 0. The van der Waals surface area contributed by atoms with E-state index in [4.69, 9.17) is 14.5 Å². The van der Waals surface area contributed by atoms with Gasteiger partial charge < -0.3 is 24.7 Å². The van der Waals surface area contributed by atoms with Crippen LogP contribution in [0.15, 0.2) is 47.5 Å². The monoisotopic (exact) mass is 537 g/mol. The second-order valence-electron chi connectivity index (χ2n) is 6.94. The predicted octanol–water partition coefficient (Wildman–Crippen LogP) is 4.41. The van der Waals surface area contributed by atoms with Gasteiger partial charge in [0.2, 0.25) is 0 Å². The fraction of sp³-hybridized carbons (Fsp3) is 0.391. The number of benzene rings is 2. The zero-order chi connectivity index (χ0) is 21.5. The molecule has 1 unspecified atom stereocenters. The molecule has 1 aromatic heterocycles. The van der Waals surface area contributed by atoms with Crippen molar-refractivity contribution in [1.82, 2.24) is 20.2 Å². The quantitative estimate of drug-likeness (QED) is 0.253. The summed E-state index contributed by atoms with van der Waals surface area (Å²) >= 11 is 0. The van der Waals surface area contributed by atoms with Crippen molar-refractivity contribution in [2.24, 2.45) is 12.0 Å². The molecule has 0 amide bonds. The maximum absolute atomic E-state index is 5.75. The van der Waals surface area contributed by atoms with Crippen molar-refractivity contribution >= 4 is 41.0 Å². The molecule has 0 spiro atoms. The third kappa shape index (κ3) is 6.03. The Morgan fingerprint density at radius 1 is 1.10 bits per heavy atom. The number of para-hydroxylation sites is 2. The average molecular weight is 537 g/mol. The van der Waals surface area contributed by atoms with Gasteiger partial charge >= 0.3 is 0 Å². The Balaban J connectivity index is 0.00000341. The van der Waals surface area contributed by atoms with Crippen LogP contribution in [0.5, 0.6) is 11.5 Å². The second kappa shape index (κ2) is 11.8. The molecule has 3 rings (SSSR count). The zero-order valence-corrected chi connectivity index (χ0v) is 21.1. The first-order valence-corrected chi connectivity index (χ1v) is 10.3. The molecule has 0 saturated carbocycles. The average Bonchev–Trinajstić information content (AvgIpc) is 3.08. The normalized spacial score (nSPS) is 12.2.